The maximum atomic E-state index is 12.7. The highest BCUT2D eigenvalue weighted by Gasteiger charge is 2.24. The SMILES string of the molecule is CN1CCC(c2nc(C(=O)Nc3cc4cc(-c5cn(C)nn5)ccc4nn3)co2)CC1. The highest BCUT2D eigenvalue weighted by atomic mass is 16.3. The van der Waals surface area contributed by atoms with E-state index in [-0.39, 0.29) is 17.5 Å². The standard InChI is InChI=1S/C21H22N8O2/c1-28-7-5-13(6-8-28)21-22-18(12-31-21)20(30)23-19-10-15-9-14(3-4-16(15)24-26-19)17-11-29(2)27-25-17/h3-4,9-13H,5-8H2,1-2H3,(H,23,26,30). The average molecular weight is 418 g/mol. The van der Waals surface area contributed by atoms with E-state index < -0.39 is 0 Å². The number of carbonyl (C=O) groups excluding carboxylic acids is 1. The molecule has 31 heavy (non-hydrogen) atoms. The second-order valence-electron chi connectivity index (χ2n) is 7.88. The molecule has 10 nitrogen and oxygen atoms in total. The minimum atomic E-state index is -0.373. The summed E-state index contributed by atoms with van der Waals surface area (Å²) in [6, 6.07) is 7.50. The lowest BCUT2D eigenvalue weighted by Crippen LogP contribution is -2.29. The lowest BCUT2D eigenvalue weighted by molar-refractivity contribution is 0.102. The van der Waals surface area contributed by atoms with E-state index >= 15 is 0 Å². The minimum Gasteiger partial charge on any atom is -0.448 e. The predicted octanol–water partition coefficient (Wildman–Crippen LogP) is 2.47. The Labute approximate surface area is 178 Å². The summed E-state index contributed by atoms with van der Waals surface area (Å²) in [5.41, 5.74) is 2.63. The summed E-state index contributed by atoms with van der Waals surface area (Å²) < 4.78 is 7.24. The number of rotatable bonds is 4. The summed E-state index contributed by atoms with van der Waals surface area (Å²) in [6.45, 7) is 2.00. The van der Waals surface area contributed by atoms with E-state index in [1.54, 1.807) is 10.7 Å². The molecule has 4 heterocycles. The smallest absolute Gasteiger partial charge is 0.278 e. The van der Waals surface area contributed by atoms with Crippen LogP contribution in [0, 0.1) is 0 Å². The maximum absolute atomic E-state index is 12.7. The molecule has 1 aliphatic heterocycles. The van der Waals surface area contributed by atoms with Crippen molar-refractivity contribution in [3.8, 4) is 11.3 Å². The zero-order chi connectivity index (χ0) is 21.4. The van der Waals surface area contributed by atoms with Gasteiger partial charge in [-0.2, -0.15) is 0 Å². The van der Waals surface area contributed by atoms with Gasteiger partial charge in [-0.15, -0.1) is 15.3 Å². The van der Waals surface area contributed by atoms with E-state index in [0.29, 0.717) is 11.7 Å². The minimum absolute atomic E-state index is 0.240. The summed E-state index contributed by atoms with van der Waals surface area (Å²) in [6.07, 6.45) is 5.19. The zero-order valence-electron chi connectivity index (χ0n) is 17.3. The molecule has 1 aliphatic rings. The fraction of sp³-hybridized carbons (Fsp3) is 0.333. The predicted molar refractivity (Wildman–Crippen MR) is 113 cm³/mol. The molecule has 10 heteroatoms. The van der Waals surface area contributed by atoms with E-state index in [4.69, 9.17) is 4.42 Å². The van der Waals surface area contributed by atoms with Crippen molar-refractivity contribution in [1.29, 1.82) is 0 Å². The third-order valence-electron chi connectivity index (χ3n) is 5.55. The number of piperidine rings is 1. The second kappa shape index (κ2) is 7.88. The van der Waals surface area contributed by atoms with Gasteiger partial charge in [0.1, 0.15) is 12.0 Å². The van der Waals surface area contributed by atoms with Crippen LogP contribution in [-0.2, 0) is 7.05 Å². The summed E-state index contributed by atoms with van der Waals surface area (Å²) in [4.78, 5) is 19.3. The van der Waals surface area contributed by atoms with Gasteiger partial charge in [0, 0.05) is 23.9 Å². The number of fused-ring (bicyclic) bond motifs is 1. The van der Waals surface area contributed by atoms with Crippen LogP contribution in [0.5, 0.6) is 0 Å². The van der Waals surface area contributed by atoms with Gasteiger partial charge in [0.05, 0.1) is 11.7 Å². The Kier molecular flexibility index (Phi) is 4.91. The van der Waals surface area contributed by atoms with Crippen molar-refractivity contribution in [3.63, 3.8) is 0 Å². The van der Waals surface area contributed by atoms with Gasteiger partial charge in [0.25, 0.3) is 5.91 Å². The molecule has 0 unspecified atom stereocenters. The van der Waals surface area contributed by atoms with E-state index in [1.807, 2.05) is 31.4 Å². The molecule has 0 radical (unpaired) electrons. The van der Waals surface area contributed by atoms with Crippen LogP contribution in [-0.4, -0.2) is 61.1 Å². The zero-order valence-corrected chi connectivity index (χ0v) is 17.3. The highest BCUT2D eigenvalue weighted by molar-refractivity contribution is 6.02. The monoisotopic (exact) mass is 418 g/mol. The van der Waals surface area contributed by atoms with Gasteiger partial charge in [-0.1, -0.05) is 11.3 Å². The van der Waals surface area contributed by atoms with Crippen molar-refractivity contribution in [3.05, 3.63) is 48.3 Å². The molecule has 0 spiro atoms. The number of benzene rings is 1. The van der Waals surface area contributed by atoms with Crippen LogP contribution in [0.1, 0.15) is 35.1 Å². The fourth-order valence-corrected chi connectivity index (χ4v) is 3.76. The van der Waals surface area contributed by atoms with Crippen LogP contribution in [0.4, 0.5) is 5.82 Å². The third kappa shape index (κ3) is 4.02. The molecule has 1 amide bonds. The largest absolute Gasteiger partial charge is 0.448 e. The lowest BCUT2D eigenvalue weighted by atomic mass is 9.97. The third-order valence-corrected chi connectivity index (χ3v) is 5.55. The molecule has 1 aromatic carbocycles. The molecule has 1 saturated heterocycles. The van der Waals surface area contributed by atoms with Gasteiger partial charge in [0.2, 0.25) is 0 Å². The first kappa shape index (κ1) is 19.3. The Hall–Kier alpha value is -3.66. The number of nitrogens with zero attached hydrogens (tertiary/aromatic N) is 7. The van der Waals surface area contributed by atoms with Crippen LogP contribution in [0.2, 0.25) is 0 Å². The van der Waals surface area contributed by atoms with Crippen molar-refractivity contribution in [1.82, 2.24) is 35.1 Å². The Morgan fingerprint density at radius 3 is 2.74 bits per heavy atom. The summed E-state index contributed by atoms with van der Waals surface area (Å²) >= 11 is 0. The molecule has 0 aliphatic carbocycles. The van der Waals surface area contributed by atoms with E-state index in [9.17, 15) is 4.79 Å². The Morgan fingerprint density at radius 2 is 1.97 bits per heavy atom. The second-order valence-corrected chi connectivity index (χ2v) is 7.88. The molecule has 0 atom stereocenters. The summed E-state index contributed by atoms with van der Waals surface area (Å²) in [7, 11) is 3.92. The average Bonchev–Trinajstić information content (AvgIpc) is 3.43. The number of aryl methyl sites for hydroxylation is 1. The van der Waals surface area contributed by atoms with Crippen molar-refractivity contribution >= 4 is 22.6 Å². The fourth-order valence-electron chi connectivity index (χ4n) is 3.76. The van der Waals surface area contributed by atoms with E-state index in [0.717, 1.165) is 48.1 Å². The number of anilines is 1. The van der Waals surface area contributed by atoms with Crippen LogP contribution in [0.25, 0.3) is 22.2 Å². The van der Waals surface area contributed by atoms with Gasteiger partial charge < -0.3 is 14.6 Å². The summed E-state index contributed by atoms with van der Waals surface area (Å²) in [5.74, 6) is 0.841. The van der Waals surface area contributed by atoms with Crippen LogP contribution in [0.15, 0.2) is 41.1 Å². The molecule has 0 bridgehead atoms. The van der Waals surface area contributed by atoms with Gasteiger partial charge in [-0.05, 0) is 51.2 Å². The molecule has 4 aromatic rings. The van der Waals surface area contributed by atoms with Crippen LogP contribution >= 0.6 is 0 Å². The molecular weight excluding hydrogens is 396 g/mol. The number of hydrogen-bond donors (Lipinski definition) is 1. The first-order valence-corrected chi connectivity index (χ1v) is 10.1. The summed E-state index contributed by atoms with van der Waals surface area (Å²) in [5, 5.41) is 20.0. The molecule has 5 rings (SSSR count). The number of nitrogens with one attached hydrogen (secondary N) is 1. The Bertz CT molecular complexity index is 1240. The number of likely N-dealkylation sites (tertiary alicyclic amines) is 1. The first-order valence-electron chi connectivity index (χ1n) is 10.1. The quantitative estimate of drug-likeness (QED) is 0.537. The normalized spacial score (nSPS) is 15.4. The van der Waals surface area contributed by atoms with Gasteiger partial charge in [-0.3, -0.25) is 9.48 Å². The molecule has 0 saturated carbocycles. The number of carbonyl (C=O) groups is 1. The van der Waals surface area contributed by atoms with Crippen LogP contribution in [0.3, 0.4) is 0 Å². The van der Waals surface area contributed by atoms with E-state index in [2.05, 4.69) is 42.8 Å². The van der Waals surface area contributed by atoms with Crippen molar-refractivity contribution < 1.29 is 9.21 Å². The molecular formula is C21H22N8O2. The number of amides is 1. The topological polar surface area (TPSA) is 115 Å². The van der Waals surface area contributed by atoms with Gasteiger partial charge in [-0.25, -0.2) is 4.98 Å². The van der Waals surface area contributed by atoms with Crippen LogP contribution < -0.4 is 5.32 Å². The molecule has 1 N–H and O–H groups in total. The Balaban J connectivity index is 1.33. The molecule has 1 fully saturated rings. The van der Waals surface area contributed by atoms with Crippen molar-refractivity contribution in [2.45, 2.75) is 18.8 Å². The van der Waals surface area contributed by atoms with Gasteiger partial charge in [0.15, 0.2) is 17.4 Å². The Morgan fingerprint density at radius 1 is 1.13 bits per heavy atom. The molecule has 3 aromatic heterocycles. The van der Waals surface area contributed by atoms with E-state index in [1.165, 1.54) is 6.26 Å². The highest BCUT2D eigenvalue weighted by Crippen LogP contribution is 2.27. The number of oxazole rings is 1. The van der Waals surface area contributed by atoms with Crippen molar-refractivity contribution in [2.24, 2.45) is 7.05 Å². The van der Waals surface area contributed by atoms with Gasteiger partial charge >= 0.3 is 0 Å². The van der Waals surface area contributed by atoms with Crippen molar-refractivity contribution in [2.75, 3.05) is 25.5 Å². The lowest BCUT2D eigenvalue weighted by Gasteiger charge is -2.26. The molecule has 158 valence electrons. The number of aromatic nitrogens is 6. The maximum Gasteiger partial charge on any atom is 0.278 e. The first-order chi connectivity index (χ1) is 15.0. The number of hydrogen-bond acceptors (Lipinski definition) is 8.